The van der Waals surface area contributed by atoms with E-state index < -0.39 is 0 Å². The maximum Gasteiger partial charge on any atom is 0.242 e. The maximum atomic E-state index is 10.9. The maximum absolute atomic E-state index is 10.9. The van der Waals surface area contributed by atoms with Crippen LogP contribution in [0.1, 0.15) is 71.1 Å². The second-order valence-corrected chi connectivity index (χ2v) is 5.63. The van der Waals surface area contributed by atoms with Crippen LogP contribution < -0.4 is 0 Å². The molecule has 4 heteroatoms. The number of carbonyl (C=O) groups excluding carboxylic acids is 1. The molecule has 0 radical (unpaired) electrons. The first-order chi connectivity index (χ1) is 11.7. The fourth-order valence-electron chi connectivity index (χ4n) is 2.11. The largest absolute Gasteiger partial charge is 0.303 e. The molecule has 0 aromatic carbocycles. The summed E-state index contributed by atoms with van der Waals surface area (Å²) >= 11 is 0. The van der Waals surface area contributed by atoms with Gasteiger partial charge in [-0.2, -0.15) is 0 Å². The molecule has 0 fully saturated rings. The Hall–Kier alpha value is -1.97. The molecule has 0 N–H and O–H groups in total. The molecular formula is C20H31NO3. The fraction of sp³-hybridized carbons (Fsp3) is 0.550. The molecule has 4 nitrogen and oxygen atoms in total. The van der Waals surface area contributed by atoms with Crippen molar-refractivity contribution in [3.05, 3.63) is 58.3 Å². The second kappa shape index (κ2) is 17.4. The van der Waals surface area contributed by atoms with Gasteiger partial charge >= 0.3 is 0 Å². The Bertz CT molecular complexity index is 448. The van der Waals surface area contributed by atoms with Gasteiger partial charge < -0.3 is 4.79 Å². The van der Waals surface area contributed by atoms with Crippen LogP contribution in [0, 0.1) is 10.1 Å². The van der Waals surface area contributed by atoms with Crippen molar-refractivity contribution < 1.29 is 9.72 Å². The highest BCUT2D eigenvalue weighted by Gasteiger charge is 2.08. The van der Waals surface area contributed by atoms with E-state index in [4.69, 9.17) is 0 Å². The summed E-state index contributed by atoms with van der Waals surface area (Å²) in [4.78, 5) is 20.7. The lowest BCUT2D eigenvalue weighted by atomic mass is 10.2. The highest BCUT2D eigenvalue weighted by atomic mass is 16.6. The summed E-state index contributed by atoms with van der Waals surface area (Å²) in [7, 11) is 0. The second-order valence-electron chi connectivity index (χ2n) is 5.63. The summed E-state index contributed by atoms with van der Waals surface area (Å²) in [5, 5.41) is 10.9. The van der Waals surface area contributed by atoms with Crippen molar-refractivity contribution in [1.82, 2.24) is 0 Å². The van der Waals surface area contributed by atoms with E-state index in [1.54, 1.807) is 6.08 Å². The highest BCUT2D eigenvalue weighted by molar-refractivity contribution is 5.49. The van der Waals surface area contributed by atoms with Crippen molar-refractivity contribution in [2.45, 2.75) is 71.1 Å². The fourth-order valence-corrected chi connectivity index (χ4v) is 2.11. The third kappa shape index (κ3) is 14.9. The van der Waals surface area contributed by atoms with Gasteiger partial charge in [0.05, 0.1) is 4.92 Å². The minimum Gasteiger partial charge on any atom is -0.303 e. The molecule has 0 atom stereocenters. The lowest BCUT2D eigenvalue weighted by Crippen LogP contribution is -1.98. The van der Waals surface area contributed by atoms with Crippen LogP contribution in [-0.4, -0.2) is 11.2 Å². The minimum atomic E-state index is -0.356. The van der Waals surface area contributed by atoms with Crippen molar-refractivity contribution in [1.29, 1.82) is 0 Å². The molecule has 0 aliphatic carbocycles. The van der Waals surface area contributed by atoms with Gasteiger partial charge in [0.1, 0.15) is 6.29 Å². The standard InChI is InChI=1S/C20H31NO3/c1-2-3-4-5-6-7-8-9-10-11-12-13-14-17-20(21(23)24)18-15-16-19-22/h6-7,9-10,12-13,17,19H,2-5,8,11,14-16,18H2,1H3/b7-6+,10-9+,13-12+,20-17-. The molecule has 0 aromatic heterocycles. The average Bonchev–Trinajstić information content (AvgIpc) is 2.57. The normalized spacial score (nSPS) is 12.6. The minimum absolute atomic E-state index is 0.199. The van der Waals surface area contributed by atoms with Crippen LogP contribution in [0.4, 0.5) is 0 Å². The lowest BCUT2D eigenvalue weighted by molar-refractivity contribution is -0.428. The van der Waals surface area contributed by atoms with E-state index in [0.717, 1.165) is 19.1 Å². The van der Waals surface area contributed by atoms with Gasteiger partial charge in [-0.05, 0) is 44.6 Å². The molecule has 0 rings (SSSR count). The van der Waals surface area contributed by atoms with Crippen LogP contribution in [0.5, 0.6) is 0 Å². The summed E-state index contributed by atoms with van der Waals surface area (Å²) in [6.45, 7) is 2.21. The molecule has 0 amide bonds. The van der Waals surface area contributed by atoms with Gasteiger partial charge in [-0.25, -0.2) is 0 Å². The van der Waals surface area contributed by atoms with Crippen molar-refractivity contribution in [3.8, 4) is 0 Å². The van der Waals surface area contributed by atoms with Gasteiger partial charge in [-0.3, -0.25) is 10.1 Å². The van der Waals surface area contributed by atoms with E-state index >= 15 is 0 Å². The number of nitrogens with zero attached hydrogens (tertiary/aromatic N) is 1. The quantitative estimate of drug-likeness (QED) is 0.123. The zero-order valence-corrected chi connectivity index (χ0v) is 14.9. The first-order valence-electron chi connectivity index (χ1n) is 8.94. The van der Waals surface area contributed by atoms with Gasteiger partial charge in [0.15, 0.2) is 0 Å². The lowest BCUT2D eigenvalue weighted by Gasteiger charge is -1.95. The summed E-state index contributed by atoms with van der Waals surface area (Å²) < 4.78 is 0. The molecule has 0 aliphatic rings. The molecule has 134 valence electrons. The Morgan fingerprint density at radius 3 is 2.08 bits per heavy atom. The number of hydrogen-bond donors (Lipinski definition) is 0. The Morgan fingerprint density at radius 2 is 1.50 bits per heavy atom. The Balaban J connectivity index is 3.85. The van der Waals surface area contributed by atoms with E-state index in [1.807, 2.05) is 12.2 Å². The molecule has 0 unspecified atom stereocenters. The SMILES string of the molecule is CCCCC/C=C/C/C=C/C/C=C/C/C=C(/CCCC=O)[N+](=O)[O-]. The Morgan fingerprint density at radius 1 is 0.875 bits per heavy atom. The van der Waals surface area contributed by atoms with Gasteiger partial charge in [-0.15, -0.1) is 0 Å². The Kier molecular flexibility index (Phi) is 16.0. The first-order valence-corrected chi connectivity index (χ1v) is 8.94. The van der Waals surface area contributed by atoms with Crippen molar-refractivity contribution >= 4 is 6.29 Å². The molecule has 0 spiro atoms. The zero-order chi connectivity index (χ0) is 17.9. The van der Waals surface area contributed by atoms with Crippen molar-refractivity contribution in [2.75, 3.05) is 0 Å². The Labute approximate surface area is 146 Å². The van der Waals surface area contributed by atoms with Gasteiger partial charge in [0, 0.05) is 12.8 Å². The predicted octanol–water partition coefficient (Wildman–Crippen LogP) is 5.94. The van der Waals surface area contributed by atoms with Crippen LogP contribution in [0.3, 0.4) is 0 Å². The van der Waals surface area contributed by atoms with Crippen molar-refractivity contribution in [2.24, 2.45) is 0 Å². The van der Waals surface area contributed by atoms with Gasteiger partial charge in [0.2, 0.25) is 5.70 Å². The molecule has 0 aliphatic heterocycles. The van der Waals surface area contributed by atoms with Crippen molar-refractivity contribution in [3.63, 3.8) is 0 Å². The van der Waals surface area contributed by atoms with Crippen LogP contribution in [0.25, 0.3) is 0 Å². The summed E-state index contributed by atoms with van der Waals surface area (Å²) in [6.07, 6.45) is 23.7. The van der Waals surface area contributed by atoms with Gasteiger partial charge in [-0.1, -0.05) is 56.2 Å². The molecule has 0 saturated heterocycles. The number of nitro groups is 1. The number of carbonyl (C=O) groups is 1. The molecule has 0 bridgehead atoms. The van der Waals surface area contributed by atoms with Crippen LogP contribution in [0.15, 0.2) is 48.2 Å². The molecular weight excluding hydrogens is 302 g/mol. The van der Waals surface area contributed by atoms with E-state index in [1.165, 1.54) is 25.7 Å². The topological polar surface area (TPSA) is 60.2 Å². The summed E-state index contributed by atoms with van der Waals surface area (Å²) in [6, 6.07) is 0. The summed E-state index contributed by atoms with van der Waals surface area (Å²) in [5.74, 6) is 0. The van der Waals surface area contributed by atoms with E-state index in [-0.39, 0.29) is 10.6 Å². The third-order valence-corrected chi connectivity index (χ3v) is 3.50. The average molecular weight is 333 g/mol. The number of rotatable bonds is 15. The smallest absolute Gasteiger partial charge is 0.242 e. The molecule has 0 heterocycles. The van der Waals surface area contributed by atoms with Crippen LogP contribution >= 0.6 is 0 Å². The molecule has 0 aromatic rings. The summed E-state index contributed by atoms with van der Waals surface area (Å²) in [5.41, 5.74) is 0.199. The monoisotopic (exact) mass is 333 g/mol. The van der Waals surface area contributed by atoms with Crippen LogP contribution in [0.2, 0.25) is 0 Å². The third-order valence-electron chi connectivity index (χ3n) is 3.50. The molecule has 24 heavy (non-hydrogen) atoms. The first kappa shape index (κ1) is 22.0. The van der Waals surface area contributed by atoms with Gasteiger partial charge in [0.25, 0.3) is 0 Å². The number of allylic oxidation sites excluding steroid dienone is 8. The van der Waals surface area contributed by atoms with E-state index in [0.29, 0.717) is 25.7 Å². The van der Waals surface area contributed by atoms with E-state index in [9.17, 15) is 14.9 Å². The highest BCUT2D eigenvalue weighted by Crippen LogP contribution is 2.09. The molecule has 0 saturated carbocycles. The number of aldehydes is 1. The number of unbranched alkanes of at least 4 members (excludes halogenated alkanes) is 4. The zero-order valence-electron chi connectivity index (χ0n) is 14.9. The predicted molar refractivity (Wildman–Crippen MR) is 100 cm³/mol. The van der Waals surface area contributed by atoms with E-state index in [2.05, 4.69) is 31.2 Å². The van der Waals surface area contributed by atoms with Crippen LogP contribution in [-0.2, 0) is 4.79 Å². The number of hydrogen-bond acceptors (Lipinski definition) is 3.